The van der Waals surface area contributed by atoms with Gasteiger partial charge in [-0.25, -0.2) is 0 Å². The van der Waals surface area contributed by atoms with E-state index >= 15 is 0 Å². The standard InChI is InChI=1S/C19H26N2O/c22-19(21-17-11-12-17)18(16-9-5-2-6-10-16)20-14-13-15-7-3-1-4-8-15/h2,5-7,9-10,17-18,20H,1,3-4,8,11-14H2,(H,21,22). The Morgan fingerprint density at radius 2 is 2.00 bits per heavy atom. The van der Waals surface area contributed by atoms with Crippen molar-refractivity contribution >= 4 is 5.91 Å². The molecule has 2 aliphatic carbocycles. The lowest BCUT2D eigenvalue weighted by molar-refractivity contribution is -0.123. The van der Waals surface area contributed by atoms with Crippen molar-refractivity contribution in [1.29, 1.82) is 0 Å². The van der Waals surface area contributed by atoms with Crippen LogP contribution in [0.3, 0.4) is 0 Å². The van der Waals surface area contributed by atoms with Crippen molar-refractivity contribution in [3.63, 3.8) is 0 Å². The summed E-state index contributed by atoms with van der Waals surface area (Å²) >= 11 is 0. The second-order valence-electron chi connectivity index (χ2n) is 6.44. The number of allylic oxidation sites excluding steroid dienone is 1. The molecule has 118 valence electrons. The third-order valence-electron chi connectivity index (χ3n) is 4.50. The molecule has 3 heteroatoms. The fourth-order valence-corrected chi connectivity index (χ4v) is 3.03. The quantitative estimate of drug-likeness (QED) is 0.757. The van der Waals surface area contributed by atoms with Crippen molar-refractivity contribution in [2.24, 2.45) is 0 Å². The average Bonchev–Trinajstić information content (AvgIpc) is 3.37. The molecule has 0 aromatic heterocycles. The highest BCUT2D eigenvalue weighted by Gasteiger charge is 2.28. The molecular weight excluding hydrogens is 272 g/mol. The molecule has 0 heterocycles. The predicted octanol–water partition coefficient (Wildman–Crippen LogP) is 3.49. The number of benzene rings is 1. The SMILES string of the molecule is O=C(NC1CC1)C(NCCC1=CCCCC1)c1ccccc1. The van der Waals surface area contributed by atoms with Crippen LogP contribution in [0.15, 0.2) is 42.0 Å². The lowest BCUT2D eigenvalue weighted by Crippen LogP contribution is -2.39. The van der Waals surface area contributed by atoms with E-state index in [1.54, 1.807) is 5.57 Å². The van der Waals surface area contributed by atoms with Crippen molar-refractivity contribution in [1.82, 2.24) is 10.6 Å². The number of hydrogen-bond acceptors (Lipinski definition) is 2. The predicted molar refractivity (Wildman–Crippen MR) is 89.5 cm³/mol. The summed E-state index contributed by atoms with van der Waals surface area (Å²) in [4.78, 5) is 12.5. The topological polar surface area (TPSA) is 41.1 Å². The summed E-state index contributed by atoms with van der Waals surface area (Å²) in [7, 11) is 0. The summed E-state index contributed by atoms with van der Waals surface area (Å²) in [5.74, 6) is 0.117. The van der Waals surface area contributed by atoms with Crippen LogP contribution in [0.2, 0.25) is 0 Å². The third-order valence-corrected chi connectivity index (χ3v) is 4.50. The van der Waals surface area contributed by atoms with E-state index in [2.05, 4.69) is 16.7 Å². The smallest absolute Gasteiger partial charge is 0.241 e. The van der Waals surface area contributed by atoms with Crippen LogP contribution in [0, 0.1) is 0 Å². The van der Waals surface area contributed by atoms with Crippen molar-refractivity contribution in [3.8, 4) is 0 Å². The molecule has 1 unspecified atom stereocenters. The molecule has 0 bridgehead atoms. The lowest BCUT2D eigenvalue weighted by Gasteiger charge is -2.20. The third kappa shape index (κ3) is 4.44. The highest BCUT2D eigenvalue weighted by molar-refractivity contribution is 5.83. The molecule has 1 saturated carbocycles. The summed E-state index contributed by atoms with van der Waals surface area (Å²) in [5, 5.41) is 6.59. The van der Waals surface area contributed by atoms with E-state index in [-0.39, 0.29) is 11.9 Å². The zero-order chi connectivity index (χ0) is 15.2. The van der Waals surface area contributed by atoms with Gasteiger partial charge in [-0.3, -0.25) is 4.79 Å². The molecule has 1 fully saturated rings. The fourth-order valence-electron chi connectivity index (χ4n) is 3.03. The molecule has 1 amide bonds. The molecule has 22 heavy (non-hydrogen) atoms. The van der Waals surface area contributed by atoms with Crippen molar-refractivity contribution in [3.05, 3.63) is 47.5 Å². The van der Waals surface area contributed by atoms with Crippen molar-refractivity contribution in [2.75, 3.05) is 6.54 Å². The molecule has 0 radical (unpaired) electrons. The van der Waals surface area contributed by atoms with E-state index in [9.17, 15) is 4.79 Å². The number of amides is 1. The van der Waals surface area contributed by atoms with E-state index in [0.29, 0.717) is 6.04 Å². The molecule has 1 aromatic carbocycles. The zero-order valence-corrected chi connectivity index (χ0v) is 13.2. The van der Waals surface area contributed by atoms with E-state index in [1.807, 2.05) is 30.3 Å². The minimum absolute atomic E-state index is 0.117. The second-order valence-corrected chi connectivity index (χ2v) is 6.44. The summed E-state index contributed by atoms with van der Waals surface area (Å²) < 4.78 is 0. The first kappa shape index (κ1) is 15.3. The summed E-state index contributed by atoms with van der Waals surface area (Å²) in [6, 6.07) is 10.2. The van der Waals surface area contributed by atoms with E-state index in [0.717, 1.165) is 31.4 Å². The molecule has 1 atom stereocenters. The van der Waals surface area contributed by atoms with E-state index in [4.69, 9.17) is 0 Å². The maximum atomic E-state index is 12.5. The normalized spacial score (nSPS) is 19.4. The van der Waals surface area contributed by atoms with Gasteiger partial charge in [0.15, 0.2) is 0 Å². The van der Waals surface area contributed by atoms with Gasteiger partial charge in [-0.05, 0) is 57.1 Å². The van der Waals surface area contributed by atoms with E-state index in [1.165, 1.54) is 25.7 Å². The Hall–Kier alpha value is -1.61. The van der Waals surface area contributed by atoms with Crippen LogP contribution in [0.1, 0.15) is 56.6 Å². The van der Waals surface area contributed by atoms with Crippen LogP contribution in [0.5, 0.6) is 0 Å². The Balaban J connectivity index is 1.57. The first-order valence-corrected chi connectivity index (χ1v) is 8.59. The van der Waals surface area contributed by atoms with Crippen LogP contribution < -0.4 is 10.6 Å². The maximum Gasteiger partial charge on any atom is 0.241 e. The van der Waals surface area contributed by atoms with Gasteiger partial charge in [-0.2, -0.15) is 0 Å². The molecule has 1 aromatic rings. The highest BCUT2D eigenvalue weighted by Crippen LogP contribution is 2.22. The zero-order valence-electron chi connectivity index (χ0n) is 13.2. The van der Waals surface area contributed by atoms with Crippen LogP contribution in [-0.4, -0.2) is 18.5 Å². The molecule has 3 nitrogen and oxygen atoms in total. The maximum absolute atomic E-state index is 12.5. The number of hydrogen-bond donors (Lipinski definition) is 2. The first-order chi connectivity index (χ1) is 10.8. The monoisotopic (exact) mass is 298 g/mol. The van der Waals surface area contributed by atoms with Gasteiger partial charge in [0.2, 0.25) is 5.91 Å². The fraction of sp³-hybridized carbons (Fsp3) is 0.526. The summed E-state index contributed by atoms with van der Waals surface area (Å²) in [5.41, 5.74) is 2.60. The Morgan fingerprint density at radius 1 is 1.18 bits per heavy atom. The Morgan fingerprint density at radius 3 is 2.68 bits per heavy atom. The Labute approximate surface area is 133 Å². The van der Waals surface area contributed by atoms with E-state index < -0.39 is 0 Å². The van der Waals surface area contributed by atoms with Crippen molar-refractivity contribution < 1.29 is 4.79 Å². The van der Waals surface area contributed by atoms with Gasteiger partial charge in [0, 0.05) is 6.04 Å². The first-order valence-electron chi connectivity index (χ1n) is 8.59. The minimum atomic E-state index is -0.231. The number of carbonyl (C=O) groups is 1. The molecule has 2 aliphatic rings. The second kappa shape index (κ2) is 7.59. The largest absolute Gasteiger partial charge is 0.352 e. The van der Waals surface area contributed by atoms with Crippen LogP contribution in [0.25, 0.3) is 0 Å². The van der Waals surface area contributed by atoms with Crippen LogP contribution >= 0.6 is 0 Å². The van der Waals surface area contributed by atoms with Gasteiger partial charge >= 0.3 is 0 Å². The molecular formula is C19H26N2O. The van der Waals surface area contributed by atoms with Gasteiger partial charge in [0.25, 0.3) is 0 Å². The molecule has 2 N–H and O–H groups in total. The summed E-state index contributed by atoms with van der Waals surface area (Å²) in [6.45, 7) is 0.865. The molecule has 0 saturated heterocycles. The van der Waals surface area contributed by atoms with Crippen molar-refractivity contribution in [2.45, 2.75) is 57.0 Å². The molecule has 3 rings (SSSR count). The van der Waals surface area contributed by atoms with Gasteiger partial charge < -0.3 is 10.6 Å². The number of carbonyl (C=O) groups excluding carboxylic acids is 1. The summed E-state index contributed by atoms with van der Waals surface area (Å²) in [6.07, 6.45) is 10.8. The van der Waals surface area contributed by atoms with Crippen LogP contribution in [-0.2, 0) is 4.79 Å². The molecule has 0 aliphatic heterocycles. The highest BCUT2D eigenvalue weighted by atomic mass is 16.2. The van der Waals surface area contributed by atoms with Crippen LogP contribution in [0.4, 0.5) is 0 Å². The molecule has 0 spiro atoms. The lowest BCUT2D eigenvalue weighted by atomic mass is 9.97. The van der Waals surface area contributed by atoms with Gasteiger partial charge in [0.1, 0.15) is 6.04 Å². The average molecular weight is 298 g/mol. The van der Waals surface area contributed by atoms with Gasteiger partial charge in [0.05, 0.1) is 0 Å². The minimum Gasteiger partial charge on any atom is -0.352 e. The number of rotatable bonds is 7. The Kier molecular flexibility index (Phi) is 5.28. The van der Waals surface area contributed by atoms with Gasteiger partial charge in [-0.1, -0.05) is 42.0 Å². The van der Waals surface area contributed by atoms with Gasteiger partial charge in [-0.15, -0.1) is 0 Å². The number of nitrogens with one attached hydrogen (secondary N) is 2. The Bertz CT molecular complexity index is 519.